The van der Waals surface area contributed by atoms with Crippen LogP contribution < -0.4 is 4.72 Å². The molecule has 0 aliphatic heterocycles. The normalized spacial score (nSPS) is 13.0. The zero-order valence-corrected chi connectivity index (χ0v) is 14.1. The Kier molecular flexibility index (Phi) is 6.00. The molecule has 0 saturated heterocycles. The third-order valence-corrected chi connectivity index (χ3v) is 5.09. The topological polar surface area (TPSA) is 46.2 Å². The van der Waals surface area contributed by atoms with Gasteiger partial charge in [0.25, 0.3) is 0 Å². The van der Waals surface area contributed by atoms with E-state index in [0.29, 0.717) is 5.02 Å². The lowest BCUT2D eigenvalue weighted by molar-refractivity contribution is 0.546. The van der Waals surface area contributed by atoms with Gasteiger partial charge in [0.05, 0.1) is 5.75 Å². The van der Waals surface area contributed by atoms with Crippen LogP contribution in [0.3, 0.4) is 0 Å². The van der Waals surface area contributed by atoms with E-state index in [1.165, 1.54) is 5.56 Å². The zero-order chi connectivity index (χ0) is 16.0. The van der Waals surface area contributed by atoms with Crippen LogP contribution in [0.1, 0.15) is 24.5 Å². The van der Waals surface area contributed by atoms with Gasteiger partial charge in [-0.3, -0.25) is 0 Å². The third-order valence-electron chi connectivity index (χ3n) is 3.36. The number of hydrogen-bond acceptors (Lipinski definition) is 2. The summed E-state index contributed by atoms with van der Waals surface area (Å²) in [6.07, 6.45) is 1.62. The van der Waals surface area contributed by atoms with Gasteiger partial charge in [-0.05, 0) is 43.0 Å². The molecule has 0 bridgehead atoms. The Morgan fingerprint density at radius 3 is 2.27 bits per heavy atom. The molecular formula is C17H20ClNO2S. The molecule has 0 saturated carbocycles. The maximum Gasteiger partial charge on any atom is 0.216 e. The number of benzene rings is 2. The fourth-order valence-corrected chi connectivity index (χ4v) is 3.81. The number of hydrogen-bond donors (Lipinski definition) is 1. The third kappa shape index (κ3) is 5.79. The van der Waals surface area contributed by atoms with Crippen LogP contribution in [0.2, 0.25) is 5.02 Å². The lowest BCUT2D eigenvalue weighted by Gasteiger charge is -2.14. The summed E-state index contributed by atoms with van der Waals surface area (Å²) in [4.78, 5) is 0. The number of aryl methyl sites for hydroxylation is 1. The number of rotatable bonds is 7. The van der Waals surface area contributed by atoms with E-state index in [1.807, 2.05) is 25.1 Å². The molecule has 1 atom stereocenters. The van der Waals surface area contributed by atoms with Crippen LogP contribution >= 0.6 is 11.6 Å². The molecule has 0 unspecified atom stereocenters. The van der Waals surface area contributed by atoms with Crippen LogP contribution in [0, 0.1) is 0 Å². The molecule has 5 heteroatoms. The molecule has 3 nitrogen and oxygen atoms in total. The van der Waals surface area contributed by atoms with Crippen molar-refractivity contribution in [3.8, 4) is 0 Å². The van der Waals surface area contributed by atoms with Gasteiger partial charge in [0.1, 0.15) is 0 Å². The van der Waals surface area contributed by atoms with Crippen molar-refractivity contribution in [1.29, 1.82) is 0 Å². The SMILES string of the molecule is C[C@H](CCc1ccccc1)NS(=O)(=O)Cc1ccc(Cl)cc1. The second-order valence-corrected chi connectivity index (χ2v) is 7.62. The van der Waals surface area contributed by atoms with Gasteiger partial charge in [0, 0.05) is 11.1 Å². The van der Waals surface area contributed by atoms with Crippen LogP contribution in [0.15, 0.2) is 54.6 Å². The molecule has 0 spiro atoms. The molecule has 2 aromatic carbocycles. The fourth-order valence-electron chi connectivity index (χ4n) is 2.24. The number of halogens is 1. The van der Waals surface area contributed by atoms with Crippen LogP contribution in [0.5, 0.6) is 0 Å². The van der Waals surface area contributed by atoms with Gasteiger partial charge in [-0.15, -0.1) is 0 Å². The molecule has 0 aromatic heterocycles. The highest BCUT2D eigenvalue weighted by molar-refractivity contribution is 7.88. The summed E-state index contributed by atoms with van der Waals surface area (Å²) in [7, 11) is -3.34. The van der Waals surface area contributed by atoms with E-state index in [0.717, 1.165) is 18.4 Å². The van der Waals surface area contributed by atoms with Gasteiger partial charge in [-0.2, -0.15) is 0 Å². The molecule has 1 N–H and O–H groups in total. The second kappa shape index (κ2) is 7.77. The van der Waals surface area contributed by atoms with Gasteiger partial charge in [-0.1, -0.05) is 54.1 Å². The number of nitrogens with one attached hydrogen (secondary N) is 1. The lowest BCUT2D eigenvalue weighted by atomic mass is 10.1. The maximum absolute atomic E-state index is 12.2. The standard InChI is InChI=1S/C17H20ClNO2S/c1-14(7-8-15-5-3-2-4-6-15)19-22(20,21)13-16-9-11-17(18)12-10-16/h2-6,9-12,14,19H,7-8,13H2,1H3/t14-/m1/s1. The van der Waals surface area contributed by atoms with Crippen LogP contribution in [-0.4, -0.2) is 14.5 Å². The summed E-state index contributed by atoms with van der Waals surface area (Å²) in [5, 5.41) is 0.602. The van der Waals surface area contributed by atoms with Crippen molar-refractivity contribution in [3.63, 3.8) is 0 Å². The van der Waals surface area contributed by atoms with Gasteiger partial charge in [0.15, 0.2) is 0 Å². The Labute approximate surface area is 137 Å². The van der Waals surface area contributed by atoms with Crippen LogP contribution in [0.4, 0.5) is 0 Å². The highest BCUT2D eigenvalue weighted by Gasteiger charge is 2.15. The maximum atomic E-state index is 12.2. The van der Waals surface area contributed by atoms with E-state index in [9.17, 15) is 8.42 Å². The van der Waals surface area contributed by atoms with E-state index < -0.39 is 10.0 Å². The first-order valence-corrected chi connectivity index (χ1v) is 9.26. The Morgan fingerprint density at radius 2 is 1.64 bits per heavy atom. The molecule has 0 radical (unpaired) electrons. The van der Waals surface area contributed by atoms with Crippen molar-refractivity contribution in [3.05, 3.63) is 70.7 Å². The van der Waals surface area contributed by atoms with Crippen molar-refractivity contribution in [2.45, 2.75) is 31.6 Å². The zero-order valence-electron chi connectivity index (χ0n) is 12.5. The minimum Gasteiger partial charge on any atom is -0.212 e. The molecule has 0 aliphatic carbocycles. The highest BCUT2D eigenvalue weighted by atomic mass is 35.5. The average molecular weight is 338 g/mol. The van der Waals surface area contributed by atoms with Crippen LogP contribution in [-0.2, 0) is 22.2 Å². The van der Waals surface area contributed by atoms with Gasteiger partial charge in [0.2, 0.25) is 10.0 Å². The first-order valence-electron chi connectivity index (χ1n) is 7.23. The molecule has 2 aromatic rings. The van der Waals surface area contributed by atoms with E-state index in [1.54, 1.807) is 24.3 Å². The minimum absolute atomic E-state index is 0.0279. The molecule has 22 heavy (non-hydrogen) atoms. The summed E-state index contributed by atoms with van der Waals surface area (Å²) in [6, 6.07) is 16.8. The van der Waals surface area contributed by atoms with Crippen molar-refractivity contribution in [2.24, 2.45) is 0 Å². The predicted octanol–water partition coefficient (Wildman–Crippen LogP) is 3.78. The van der Waals surface area contributed by atoms with Gasteiger partial charge < -0.3 is 0 Å². The molecule has 0 aliphatic rings. The summed E-state index contributed by atoms with van der Waals surface area (Å²) in [5.74, 6) is -0.0279. The summed E-state index contributed by atoms with van der Waals surface area (Å²) < 4.78 is 27.1. The Morgan fingerprint density at radius 1 is 1.00 bits per heavy atom. The fraction of sp³-hybridized carbons (Fsp3) is 0.294. The highest BCUT2D eigenvalue weighted by Crippen LogP contribution is 2.12. The Balaban J connectivity index is 1.86. The van der Waals surface area contributed by atoms with Crippen molar-refractivity contribution >= 4 is 21.6 Å². The van der Waals surface area contributed by atoms with Crippen molar-refractivity contribution in [1.82, 2.24) is 4.72 Å². The van der Waals surface area contributed by atoms with Crippen molar-refractivity contribution < 1.29 is 8.42 Å². The van der Waals surface area contributed by atoms with Crippen molar-refractivity contribution in [2.75, 3.05) is 0 Å². The first-order chi connectivity index (χ1) is 10.4. The second-order valence-electron chi connectivity index (χ2n) is 5.43. The lowest BCUT2D eigenvalue weighted by Crippen LogP contribution is -2.33. The molecule has 0 fully saturated rings. The molecule has 118 valence electrons. The smallest absolute Gasteiger partial charge is 0.212 e. The molecule has 0 heterocycles. The van der Waals surface area contributed by atoms with E-state index in [-0.39, 0.29) is 11.8 Å². The average Bonchev–Trinajstić information content (AvgIpc) is 2.48. The Hall–Kier alpha value is -1.36. The largest absolute Gasteiger partial charge is 0.216 e. The van der Waals surface area contributed by atoms with E-state index >= 15 is 0 Å². The predicted molar refractivity (Wildman–Crippen MR) is 91.4 cm³/mol. The molecular weight excluding hydrogens is 318 g/mol. The molecule has 0 amide bonds. The Bertz CT molecular complexity index is 684. The monoisotopic (exact) mass is 337 g/mol. The summed E-state index contributed by atoms with van der Waals surface area (Å²) >= 11 is 5.80. The van der Waals surface area contributed by atoms with E-state index in [4.69, 9.17) is 11.6 Å². The summed E-state index contributed by atoms with van der Waals surface area (Å²) in [5.41, 5.74) is 1.94. The minimum atomic E-state index is -3.34. The first kappa shape index (κ1) is 17.0. The van der Waals surface area contributed by atoms with Crippen LogP contribution in [0.25, 0.3) is 0 Å². The van der Waals surface area contributed by atoms with Gasteiger partial charge in [-0.25, -0.2) is 13.1 Å². The quantitative estimate of drug-likeness (QED) is 0.835. The van der Waals surface area contributed by atoms with Gasteiger partial charge >= 0.3 is 0 Å². The number of sulfonamides is 1. The molecule has 2 rings (SSSR count). The summed E-state index contributed by atoms with van der Waals surface area (Å²) in [6.45, 7) is 1.89. The van der Waals surface area contributed by atoms with E-state index in [2.05, 4.69) is 16.9 Å².